The van der Waals surface area contributed by atoms with Gasteiger partial charge < -0.3 is 5.11 Å². The second-order valence-electron chi connectivity index (χ2n) is 5.69. The highest BCUT2D eigenvalue weighted by Crippen LogP contribution is 2.30. The molecule has 1 heterocycles. The van der Waals surface area contributed by atoms with Gasteiger partial charge in [0.1, 0.15) is 5.25 Å². The lowest BCUT2D eigenvalue weighted by molar-refractivity contribution is -0.136. The van der Waals surface area contributed by atoms with E-state index in [9.17, 15) is 10.1 Å². The number of hydrogen-bond acceptors (Lipinski definition) is 4. The summed E-state index contributed by atoms with van der Waals surface area (Å²) in [6.45, 7) is 1.67. The predicted molar refractivity (Wildman–Crippen MR) is 98.7 cm³/mol. The van der Waals surface area contributed by atoms with Crippen molar-refractivity contribution in [1.82, 2.24) is 4.98 Å². The number of aromatic nitrogens is 1. The van der Waals surface area contributed by atoms with E-state index in [2.05, 4.69) is 11.1 Å². The summed E-state index contributed by atoms with van der Waals surface area (Å²) in [5.41, 5.74) is 2.72. The molecule has 4 nitrogen and oxygen atoms in total. The Hall–Kier alpha value is -2.84. The number of thioether (sulfide) groups is 1. The van der Waals surface area contributed by atoms with Gasteiger partial charge in [0, 0.05) is 23.7 Å². The largest absolute Gasteiger partial charge is 0.480 e. The van der Waals surface area contributed by atoms with Crippen molar-refractivity contribution in [3.05, 3.63) is 71.5 Å². The molecule has 0 spiro atoms. The Morgan fingerprint density at radius 3 is 2.68 bits per heavy atom. The first-order chi connectivity index (χ1) is 12.1. The fourth-order valence-electron chi connectivity index (χ4n) is 2.72. The van der Waals surface area contributed by atoms with Crippen LogP contribution in [0.3, 0.4) is 0 Å². The van der Waals surface area contributed by atoms with Crippen LogP contribution < -0.4 is 0 Å². The molecule has 2 aromatic carbocycles. The lowest BCUT2D eigenvalue weighted by atomic mass is 9.96. The quantitative estimate of drug-likeness (QED) is 0.697. The molecule has 0 aliphatic carbocycles. The summed E-state index contributed by atoms with van der Waals surface area (Å²) in [5, 5.41) is 19.9. The highest BCUT2D eigenvalue weighted by atomic mass is 32.2. The Morgan fingerprint density at radius 1 is 1.20 bits per heavy atom. The van der Waals surface area contributed by atoms with Gasteiger partial charge in [0.15, 0.2) is 0 Å². The summed E-state index contributed by atoms with van der Waals surface area (Å²) in [6, 6.07) is 15.7. The number of carbonyl (C=O) groups is 1. The van der Waals surface area contributed by atoms with Crippen LogP contribution in [-0.2, 0) is 11.2 Å². The third-order valence-electron chi connectivity index (χ3n) is 4.03. The number of aliphatic carboxylic acids is 1. The molecule has 0 saturated heterocycles. The fourth-order valence-corrected chi connectivity index (χ4v) is 3.62. The highest BCUT2D eigenvalue weighted by molar-refractivity contribution is 8.00. The molecule has 5 heteroatoms. The molecule has 1 unspecified atom stereocenters. The minimum absolute atomic E-state index is 0.529. The topological polar surface area (TPSA) is 74.0 Å². The van der Waals surface area contributed by atoms with Crippen LogP contribution in [0.15, 0.2) is 59.8 Å². The average Bonchev–Trinajstić information content (AvgIpc) is 2.63. The SMILES string of the molecule is CC(Sc1ccncc1Cc1ccc(C#N)c2ccccc12)C(=O)O. The summed E-state index contributed by atoms with van der Waals surface area (Å²) >= 11 is 1.32. The molecule has 3 aromatic rings. The van der Waals surface area contributed by atoms with Gasteiger partial charge in [-0.1, -0.05) is 30.3 Å². The highest BCUT2D eigenvalue weighted by Gasteiger charge is 2.15. The third kappa shape index (κ3) is 3.65. The van der Waals surface area contributed by atoms with Crippen molar-refractivity contribution in [2.75, 3.05) is 0 Å². The van der Waals surface area contributed by atoms with E-state index in [0.29, 0.717) is 12.0 Å². The lowest BCUT2D eigenvalue weighted by Gasteiger charge is -2.13. The first kappa shape index (κ1) is 17.0. The van der Waals surface area contributed by atoms with Crippen molar-refractivity contribution < 1.29 is 9.90 Å². The summed E-state index contributed by atoms with van der Waals surface area (Å²) in [5.74, 6) is -0.836. The molecule has 3 rings (SSSR count). The summed E-state index contributed by atoms with van der Waals surface area (Å²) < 4.78 is 0. The van der Waals surface area contributed by atoms with E-state index in [1.807, 2.05) is 42.5 Å². The number of fused-ring (bicyclic) bond motifs is 1. The van der Waals surface area contributed by atoms with Crippen LogP contribution in [0.1, 0.15) is 23.6 Å². The average molecular weight is 348 g/mol. The van der Waals surface area contributed by atoms with Gasteiger partial charge in [-0.3, -0.25) is 9.78 Å². The van der Waals surface area contributed by atoms with E-state index in [4.69, 9.17) is 5.11 Å². The van der Waals surface area contributed by atoms with Gasteiger partial charge in [-0.25, -0.2) is 0 Å². The molecule has 0 amide bonds. The van der Waals surface area contributed by atoms with Crippen LogP contribution >= 0.6 is 11.8 Å². The summed E-state index contributed by atoms with van der Waals surface area (Å²) in [7, 11) is 0. The molecule has 1 atom stereocenters. The zero-order chi connectivity index (χ0) is 17.8. The van der Waals surface area contributed by atoms with Crippen LogP contribution in [0, 0.1) is 11.3 Å². The van der Waals surface area contributed by atoms with Crippen molar-refractivity contribution in [1.29, 1.82) is 5.26 Å². The van der Waals surface area contributed by atoms with Crippen molar-refractivity contribution in [3.8, 4) is 6.07 Å². The number of hydrogen-bond donors (Lipinski definition) is 1. The standard InChI is InChI=1S/C20H16N2O2S/c1-13(20(23)24)25-19-8-9-22-12-16(19)10-14-6-7-15(11-21)18-5-3-2-4-17(14)18/h2-9,12-13H,10H2,1H3,(H,23,24). The second kappa shape index (κ2) is 7.37. The Balaban J connectivity index is 2.01. The molecular weight excluding hydrogens is 332 g/mol. The number of pyridine rings is 1. The van der Waals surface area contributed by atoms with Gasteiger partial charge in [-0.15, -0.1) is 11.8 Å². The molecule has 124 valence electrons. The Labute approximate surface area is 150 Å². The number of nitrogens with zero attached hydrogens (tertiary/aromatic N) is 2. The zero-order valence-corrected chi connectivity index (χ0v) is 14.5. The molecule has 0 aliphatic heterocycles. The lowest BCUT2D eigenvalue weighted by Crippen LogP contribution is -2.11. The van der Waals surface area contributed by atoms with Gasteiger partial charge in [0.05, 0.1) is 11.6 Å². The maximum Gasteiger partial charge on any atom is 0.316 e. The summed E-state index contributed by atoms with van der Waals surface area (Å²) in [4.78, 5) is 16.3. The molecule has 0 aliphatic rings. The normalized spacial score (nSPS) is 11.8. The maximum atomic E-state index is 11.2. The van der Waals surface area contributed by atoms with E-state index in [-0.39, 0.29) is 0 Å². The van der Waals surface area contributed by atoms with Crippen molar-refractivity contribution in [2.24, 2.45) is 0 Å². The van der Waals surface area contributed by atoms with Crippen LogP contribution in [-0.4, -0.2) is 21.3 Å². The number of carboxylic acid groups (broad SMARTS) is 1. The minimum atomic E-state index is -0.836. The van der Waals surface area contributed by atoms with E-state index < -0.39 is 11.2 Å². The van der Waals surface area contributed by atoms with E-state index in [0.717, 1.165) is 26.8 Å². The van der Waals surface area contributed by atoms with Crippen LogP contribution in [0.5, 0.6) is 0 Å². The number of rotatable bonds is 5. The number of benzene rings is 2. The van der Waals surface area contributed by atoms with Crippen LogP contribution in [0.2, 0.25) is 0 Å². The molecule has 1 aromatic heterocycles. The number of nitriles is 1. The predicted octanol–water partition coefficient (Wildman–Crippen LogP) is 4.26. The molecule has 25 heavy (non-hydrogen) atoms. The maximum absolute atomic E-state index is 11.2. The molecule has 0 bridgehead atoms. The zero-order valence-electron chi connectivity index (χ0n) is 13.6. The number of carboxylic acids is 1. The summed E-state index contributed by atoms with van der Waals surface area (Å²) in [6.07, 6.45) is 4.09. The van der Waals surface area contributed by atoms with Crippen LogP contribution in [0.25, 0.3) is 10.8 Å². The Morgan fingerprint density at radius 2 is 1.96 bits per heavy atom. The van der Waals surface area contributed by atoms with Gasteiger partial charge in [-0.05, 0) is 41.0 Å². The molecule has 0 fully saturated rings. The smallest absolute Gasteiger partial charge is 0.316 e. The molecular formula is C20H16N2O2S. The second-order valence-corrected chi connectivity index (χ2v) is 7.07. The van der Waals surface area contributed by atoms with Gasteiger partial charge in [0.25, 0.3) is 0 Å². The van der Waals surface area contributed by atoms with E-state index in [1.165, 1.54) is 11.8 Å². The molecule has 0 radical (unpaired) electrons. The van der Waals surface area contributed by atoms with Crippen molar-refractivity contribution in [2.45, 2.75) is 23.5 Å². The molecule has 1 N–H and O–H groups in total. The first-order valence-electron chi connectivity index (χ1n) is 7.83. The van der Waals surface area contributed by atoms with Gasteiger partial charge in [-0.2, -0.15) is 5.26 Å². The first-order valence-corrected chi connectivity index (χ1v) is 8.71. The van der Waals surface area contributed by atoms with Crippen molar-refractivity contribution >= 4 is 28.5 Å². The van der Waals surface area contributed by atoms with Crippen molar-refractivity contribution in [3.63, 3.8) is 0 Å². The van der Waals surface area contributed by atoms with Gasteiger partial charge >= 0.3 is 5.97 Å². The molecule has 0 saturated carbocycles. The van der Waals surface area contributed by atoms with Gasteiger partial charge in [0.2, 0.25) is 0 Å². The van der Waals surface area contributed by atoms with E-state index >= 15 is 0 Å². The third-order valence-corrected chi connectivity index (χ3v) is 5.23. The monoisotopic (exact) mass is 348 g/mol. The Bertz CT molecular complexity index is 979. The Kier molecular flexibility index (Phi) is 5.01. The minimum Gasteiger partial charge on any atom is -0.480 e. The fraction of sp³-hybridized carbons (Fsp3) is 0.150. The van der Waals surface area contributed by atoms with Crippen LogP contribution in [0.4, 0.5) is 0 Å². The van der Waals surface area contributed by atoms with E-state index in [1.54, 1.807) is 19.3 Å².